The van der Waals surface area contributed by atoms with Crippen molar-refractivity contribution in [3.05, 3.63) is 12.2 Å². The van der Waals surface area contributed by atoms with Crippen molar-refractivity contribution >= 4 is 11.9 Å². The van der Waals surface area contributed by atoms with Crippen LogP contribution in [0.4, 0.5) is 0 Å². The predicted molar refractivity (Wildman–Crippen MR) is 191 cm³/mol. The van der Waals surface area contributed by atoms with E-state index in [-0.39, 0.29) is 39.6 Å². The lowest BCUT2D eigenvalue weighted by molar-refractivity contribution is -0.246. The summed E-state index contributed by atoms with van der Waals surface area (Å²) >= 11 is 0. The number of nitrogens with two attached hydrogens (primary N) is 1. The van der Waals surface area contributed by atoms with E-state index in [1.54, 1.807) is 0 Å². The third kappa shape index (κ3) is 6.27. The van der Waals surface area contributed by atoms with Crippen LogP contribution in [-0.4, -0.2) is 41.3 Å². The SMILES string of the molecule is C=C(CN)[C@@H]1CC[C@]2(C(=O)NCCCCCCCCCCC(=O)O)CC[C@]3(C)[C@H](CC[C@@H]4[C@@]5(C)CC[C@H](O)C(C)(C)[C@@H]5CC[C@]43C)[C@@H]12. The molecule has 5 fully saturated rings. The Hall–Kier alpha value is -1.40. The van der Waals surface area contributed by atoms with Gasteiger partial charge in [0.05, 0.1) is 11.5 Å². The highest BCUT2D eigenvalue weighted by molar-refractivity contribution is 5.84. The first kappa shape index (κ1) is 36.9. The van der Waals surface area contributed by atoms with Crippen molar-refractivity contribution in [2.24, 2.45) is 62.4 Å². The van der Waals surface area contributed by atoms with E-state index in [0.717, 1.165) is 82.7 Å². The third-order valence-corrected chi connectivity index (χ3v) is 16.3. The van der Waals surface area contributed by atoms with Crippen LogP contribution in [0.2, 0.25) is 0 Å². The molecule has 10 atom stereocenters. The van der Waals surface area contributed by atoms with Crippen LogP contribution in [0.1, 0.15) is 157 Å². The summed E-state index contributed by atoms with van der Waals surface area (Å²) in [6.07, 6.45) is 19.7. The predicted octanol–water partition coefficient (Wildman–Crippen LogP) is 8.66. The molecule has 0 saturated heterocycles. The summed E-state index contributed by atoms with van der Waals surface area (Å²) in [5, 5.41) is 23.3. The van der Waals surface area contributed by atoms with Gasteiger partial charge < -0.3 is 21.3 Å². The summed E-state index contributed by atoms with van der Waals surface area (Å²) in [6, 6.07) is 0. The highest BCUT2D eigenvalue weighted by Gasteiger charge is 2.71. The number of rotatable bonds is 14. The Morgan fingerprint density at radius 1 is 0.766 bits per heavy atom. The molecule has 0 aliphatic heterocycles. The smallest absolute Gasteiger partial charge is 0.303 e. The van der Waals surface area contributed by atoms with Crippen LogP contribution < -0.4 is 11.1 Å². The van der Waals surface area contributed by atoms with Gasteiger partial charge in [0.2, 0.25) is 5.91 Å². The highest BCUT2D eigenvalue weighted by atomic mass is 16.4. The molecule has 0 aromatic heterocycles. The summed E-state index contributed by atoms with van der Waals surface area (Å²) in [6.45, 7) is 18.3. The second kappa shape index (κ2) is 14.1. The minimum absolute atomic E-state index is 0.0371. The number of nitrogens with one attached hydrogen (secondary N) is 1. The molecule has 5 N–H and O–H groups in total. The fraction of sp³-hybridized carbons (Fsp3) is 0.902. The van der Waals surface area contributed by atoms with Gasteiger partial charge in [0, 0.05) is 19.5 Å². The average Bonchev–Trinajstić information content (AvgIpc) is 3.42. The van der Waals surface area contributed by atoms with Gasteiger partial charge in [-0.1, -0.05) is 85.3 Å². The molecule has 5 saturated carbocycles. The van der Waals surface area contributed by atoms with Gasteiger partial charge in [-0.25, -0.2) is 0 Å². The summed E-state index contributed by atoms with van der Waals surface area (Å²) < 4.78 is 0. The molecule has 47 heavy (non-hydrogen) atoms. The molecule has 0 spiro atoms. The van der Waals surface area contributed by atoms with Crippen LogP contribution in [-0.2, 0) is 9.59 Å². The second-order valence-corrected chi connectivity index (χ2v) is 18.5. The van der Waals surface area contributed by atoms with E-state index in [4.69, 9.17) is 10.8 Å². The zero-order valence-corrected chi connectivity index (χ0v) is 30.8. The van der Waals surface area contributed by atoms with Gasteiger partial charge in [0.25, 0.3) is 0 Å². The second-order valence-electron chi connectivity index (χ2n) is 18.5. The van der Waals surface area contributed by atoms with Crippen molar-refractivity contribution in [3.63, 3.8) is 0 Å². The fourth-order valence-electron chi connectivity index (χ4n) is 13.4. The number of unbranched alkanes of at least 4 members (excludes halogenated alkanes) is 7. The summed E-state index contributed by atoms with van der Waals surface area (Å²) in [7, 11) is 0. The minimum atomic E-state index is -0.693. The van der Waals surface area contributed by atoms with Crippen molar-refractivity contribution in [3.8, 4) is 0 Å². The molecule has 1 amide bonds. The Kier molecular flexibility index (Phi) is 11.0. The van der Waals surface area contributed by atoms with E-state index in [1.165, 1.54) is 44.9 Å². The Labute approximate surface area is 286 Å². The molecule has 5 aliphatic rings. The topological polar surface area (TPSA) is 113 Å². The summed E-state index contributed by atoms with van der Waals surface area (Å²) in [5.41, 5.74) is 7.78. The van der Waals surface area contributed by atoms with Crippen LogP contribution in [0, 0.1) is 56.7 Å². The van der Waals surface area contributed by atoms with Gasteiger partial charge in [0.15, 0.2) is 0 Å². The number of aliphatic hydroxyl groups excluding tert-OH is 1. The molecule has 6 heteroatoms. The van der Waals surface area contributed by atoms with E-state index in [9.17, 15) is 14.7 Å². The zero-order valence-electron chi connectivity index (χ0n) is 30.8. The number of amides is 1. The van der Waals surface area contributed by atoms with Gasteiger partial charge >= 0.3 is 5.97 Å². The minimum Gasteiger partial charge on any atom is -0.481 e. The zero-order chi connectivity index (χ0) is 34.3. The maximum absolute atomic E-state index is 14.4. The standard InChI is InChI=1S/C41H70N2O4/c1-28(27-42)29-18-23-41(36(47)43-26-14-12-10-8-7-9-11-13-15-34(45)46)25-24-39(5)30(35(29)41)16-17-32-38(4)21-20-33(44)37(2,3)31(38)19-22-40(32,39)6/h29-33,35,44H,1,7-27,42H2,2-6H3,(H,43,47)(H,45,46)/t29-,30+,31-,32+,33-,35+,38-,39+,40+,41-/m0/s1. The monoisotopic (exact) mass is 655 g/mol. The van der Waals surface area contributed by atoms with E-state index in [2.05, 4.69) is 46.5 Å². The molecule has 0 aromatic carbocycles. The van der Waals surface area contributed by atoms with E-state index in [1.807, 2.05) is 0 Å². The average molecular weight is 655 g/mol. The first-order valence-corrected chi connectivity index (χ1v) is 19.7. The van der Waals surface area contributed by atoms with Crippen molar-refractivity contribution in [1.29, 1.82) is 0 Å². The largest absolute Gasteiger partial charge is 0.481 e. The normalized spacial score (nSPS) is 42.0. The molecular weight excluding hydrogens is 584 g/mol. The maximum Gasteiger partial charge on any atom is 0.303 e. The molecular formula is C41H70N2O4. The van der Waals surface area contributed by atoms with Crippen molar-refractivity contribution in [2.75, 3.05) is 13.1 Å². The van der Waals surface area contributed by atoms with Crippen molar-refractivity contribution in [1.82, 2.24) is 5.32 Å². The number of aliphatic hydroxyl groups is 1. The van der Waals surface area contributed by atoms with Gasteiger partial charge in [-0.15, -0.1) is 0 Å². The maximum atomic E-state index is 14.4. The van der Waals surface area contributed by atoms with E-state index >= 15 is 0 Å². The van der Waals surface area contributed by atoms with Gasteiger partial charge in [-0.3, -0.25) is 9.59 Å². The number of hydrogen-bond acceptors (Lipinski definition) is 4. The number of carbonyl (C=O) groups is 2. The molecule has 0 aromatic rings. The molecule has 0 unspecified atom stereocenters. The Bertz CT molecular complexity index is 1150. The molecule has 268 valence electrons. The molecule has 0 bridgehead atoms. The fourth-order valence-corrected chi connectivity index (χ4v) is 13.4. The first-order chi connectivity index (χ1) is 22.2. The summed E-state index contributed by atoms with van der Waals surface area (Å²) in [5.74, 6) is 2.00. The highest BCUT2D eigenvalue weighted by Crippen LogP contribution is 2.77. The molecule has 6 nitrogen and oxygen atoms in total. The van der Waals surface area contributed by atoms with Gasteiger partial charge in [-0.2, -0.15) is 0 Å². The van der Waals surface area contributed by atoms with Gasteiger partial charge in [-0.05, 0) is 128 Å². The molecule has 5 aliphatic carbocycles. The van der Waals surface area contributed by atoms with Crippen LogP contribution in [0.25, 0.3) is 0 Å². The van der Waals surface area contributed by atoms with Gasteiger partial charge in [0.1, 0.15) is 0 Å². The lowest BCUT2D eigenvalue weighted by atomic mass is 9.32. The quantitative estimate of drug-likeness (QED) is 0.111. The Balaban J connectivity index is 1.26. The number of carboxylic acid groups (broad SMARTS) is 1. The van der Waals surface area contributed by atoms with Crippen molar-refractivity contribution in [2.45, 2.75) is 163 Å². The molecule has 5 rings (SSSR count). The molecule has 0 heterocycles. The lowest BCUT2D eigenvalue weighted by Crippen LogP contribution is -2.67. The number of aliphatic carboxylic acids is 1. The van der Waals surface area contributed by atoms with Crippen molar-refractivity contribution < 1.29 is 19.8 Å². The van der Waals surface area contributed by atoms with E-state index in [0.29, 0.717) is 42.0 Å². The number of carboxylic acids is 1. The molecule has 0 radical (unpaired) electrons. The van der Waals surface area contributed by atoms with Crippen LogP contribution >= 0.6 is 0 Å². The Morgan fingerprint density at radius 2 is 1.43 bits per heavy atom. The lowest BCUT2D eigenvalue weighted by Gasteiger charge is -2.72. The van der Waals surface area contributed by atoms with Crippen LogP contribution in [0.5, 0.6) is 0 Å². The first-order valence-electron chi connectivity index (χ1n) is 19.7. The number of hydrogen-bond donors (Lipinski definition) is 4. The van der Waals surface area contributed by atoms with Crippen LogP contribution in [0.3, 0.4) is 0 Å². The number of fused-ring (bicyclic) bond motifs is 7. The number of carbonyl (C=O) groups excluding carboxylic acids is 1. The third-order valence-electron chi connectivity index (χ3n) is 16.3. The Morgan fingerprint density at radius 3 is 2.09 bits per heavy atom. The van der Waals surface area contributed by atoms with Crippen LogP contribution in [0.15, 0.2) is 12.2 Å². The summed E-state index contributed by atoms with van der Waals surface area (Å²) in [4.78, 5) is 25.1. The van der Waals surface area contributed by atoms with E-state index < -0.39 is 5.97 Å².